The molecule has 0 saturated carbocycles. The fourth-order valence-electron chi connectivity index (χ4n) is 1.01. The van der Waals surface area contributed by atoms with Gasteiger partial charge in [0.1, 0.15) is 17.2 Å². The van der Waals surface area contributed by atoms with Crippen LogP contribution in [-0.2, 0) is 4.79 Å². The van der Waals surface area contributed by atoms with Crippen molar-refractivity contribution in [2.45, 2.75) is 0 Å². The monoisotopic (exact) mass is 211 g/mol. The van der Waals surface area contributed by atoms with Crippen LogP contribution in [0, 0.1) is 0 Å². The van der Waals surface area contributed by atoms with E-state index in [0.29, 0.717) is 17.2 Å². The minimum absolute atomic E-state index is 0.167. The minimum Gasteiger partial charge on any atom is -0.496 e. The maximum absolute atomic E-state index is 11.0. The third kappa shape index (κ3) is 3.14. The van der Waals surface area contributed by atoms with Crippen molar-refractivity contribution in [1.82, 2.24) is 0 Å². The molecule has 5 nitrogen and oxygen atoms in total. The molecule has 5 heteroatoms. The van der Waals surface area contributed by atoms with Crippen LogP contribution in [0.25, 0.3) is 0 Å². The molecule has 0 aromatic heterocycles. The van der Waals surface area contributed by atoms with Crippen molar-refractivity contribution >= 4 is 5.97 Å². The molecule has 0 bridgehead atoms. The number of ether oxygens (including phenoxy) is 3. The maximum atomic E-state index is 11.0. The quantitative estimate of drug-likeness (QED) is 0.582. The number of hydrogen-bond acceptors (Lipinski definition) is 5. The SMILES string of the molecule is COc1cc(OC)cc(OC(=O)CN)c1. The molecule has 0 atom stereocenters. The molecule has 0 fully saturated rings. The van der Waals surface area contributed by atoms with Crippen LogP contribution in [0.2, 0.25) is 0 Å². The molecule has 15 heavy (non-hydrogen) atoms. The molecule has 2 N–H and O–H groups in total. The summed E-state index contributed by atoms with van der Waals surface area (Å²) in [7, 11) is 3.03. The highest BCUT2D eigenvalue weighted by molar-refractivity contribution is 5.74. The first-order valence-corrected chi connectivity index (χ1v) is 4.33. The van der Waals surface area contributed by atoms with Crippen molar-refractivity contribution in [2.24, 2.45) is 5.73 Å². The topological polar surface area (TPSA) is 70.8 Å². The van der Waals surface area contributed by atoms with E-state index in [-0.39, 0.29) is 6.54 Å². The molecule has 0 heterocycles. The highest BCUT2D eigenvalue weighted by Gasteiger charge is 2.06. The lowest BCUT2D eigenvalue weighted by atomic mass is 10.3. The largest absolute Gasteiger partial charge is 0.496 e. The molecular formula is C10H13NO4. The Morgan fingerprint density at radius 1 is 1.13 bits per heavy atom. The average molecular weight is 211 g/mol. The first-order chi connectivity index (χ1) is 7.19. The third-order valence-electron chi connectivity index (χ3n) is 1.72. The zero-order chi connectivity index (χ0) is 11.3. The summed E-state index contributed by atoms with van der Waals surface area (Å²) in [4.78, 5) is 11.0. The van der Waals surface area contributed by atoms with Gasteiger partial charge in [0.25, 0.3) is 0 Å². The highest BCUT2D eigenvalue weighted by atomic mass is 16.5. The average Bonchev–Trinajstić information content (AvgIpc) is 2.28. The molecule has 1 rings (SSSR count). The van der Waals surface area contributed by atoms with E-state index in [1.165, 1.54) is 14.2 Å². The van der Waals surface area contributed by atoms with Crippen LogP contribution in [0.5, 0.6) is 17.2 Å². The van der Waals surface area contributed by atoms with Gasteiger partial charge in [-0.3, -0.25) is 4.79 Å². The van der Waals surface area contributed by atoms with E-state index in [0.717, 1.165) is 0 Å². The van der Waals surface area contributed by atoms with E-state index in [2.05, 4.69) is 0 Å². The third-order valence-corrected chi connectivity index (χ3v) is 1.72. The molecule has 0 aliphatic heterocycles. The van der Waals surface area contributed by atoms with Crippen LogP contribution >= 0.6 is 0 Å². The van der Waals surface area contributed by atoms with Crippen LogP contribution in [0.3, 0.4) is 0 Å². The molecule has 0 amide bonds. The van der Waals surface area contributed by atoms with Gasteiger partial charge in [-0.05, 0) is 0 Å². The number of rotatable bonds is 4. The van der Waals surface area contributed by atoms with E-state index >= 15 is 0 Å². The molecule has 0 radical (unpaired) electrons. The first kappa shape index (κ1) is 11.3. The number of esters is 1. The van der Waals surface area contributed by atoms with Crippen molar-refractivity contribution in [3.63, 3.8) is 0 Å². The number of carbonyl (C=O) groups excluding carboxylic acids is 1. The maximum Gasteiger partial charge on any atom is 0.325 e. The second-order valence-electron chi connectivity index (χ2n) is 2.73. The lowest BCUT2D eigenvalue weighted by molar-refractivity contribution is -0.132. The molecule has 0 unspecified atom stereocenters. The summed E-state index contributed by atoms with van der Waals surface area (Å²) in [5, 5.41) is 0. The summed E-state index contributed by atoms with van der Waals surface area (Å²) in [5.74, 6) is 0.940. The Bertz CT molecular complexity index is 329. The molecule has 82 valence electrons. The Morgan fingerprint density at radius 3 is 2.00 bits per heavy atom. The standard InChI is InChI=1S/C10H13NO4/c1-13-7-3-8(14-2)5-9(4-7)15-10(12)6-11/h3-5H,6,11H2,1-2H3. The Morgan fingerprint density at radius 2 is 1.60 bits per heavy atom. The number of carbonyl (C=O) groups is 1. The van der Waals surface area contributed by atoms with E-state index in [9.17, 15) is 4.79 Å². The molecule has 1 aromatic rings. The predicted molar refractivity (Wildman–Crippen MR) is 54.2 cm³/mol. The summed E-state index contributed by atoms with van der Waals surface area (Å²) in [6, 6.07) is 4.84. The van der Waals surface area contributed by atoms with Crippen LogP contribution < -0.4 is 19.9 Å². The zero-order valence-electron chi connectivity index (χ0n) is 8.65. The van der Waals surface area contributed by atoms with E-state index in [1.54, 1.807) is 18.2 Å². The summed E-state index contributed by atoms with van der Waals surface area (Å²) in [6.45, 7) is -0.167. The second-order valence-corrected chi connectivity index (χ2v) is 2.73. The van der Waals surface area contributed by atoms with Gasteiger partial charge < -0.3 is 19.9 Å². The van der Waals surface area contributed by atoms with Gasteiger partial charge in [-0.1, -0.05) is 0 Å². The Labute approximate surface area is 87.7 Å². The van der Waals surface area contributed by atoms with Crippen LogP contribution in [-0.4, -0.2) is 26.7 Å². The fraction of sp³-hybridized carbons (Fsp3) is 0.300. The molecule has 1 aromatic carbocycles. The normalized spacial score (nSPS) is 9.53. The van der Waals surface area contributed by atoms with Gasteiger partial charge >= 0.3 is 5.97 Å². The minimum atomic E-state index is -0.509. The van der Waals surface area contributed by atoms with Crippen LogP contribution in [0.15, 0.2) is 18.2 Å². The fourth-order valence-corrected chi connectivity index (χ4v) is 1.01. The zero-order valence-corrected chi connectivity index (χ0v) is 8.65. The number of methoxy groups -OCH3 is 2. The van der Waals surface area contributed by atoms with Gasteiger partial charge in [-0.2, -0.15) is 0 Å². The summed E-state index contributed by atoms with van der Waals surface area (Å²) in [5.41, 5.74) is 5.12. The lowest BCUT2D eigenvalue weighted by Gasteiger charge is -2.08. The summed E-state index contributed by atoms with van der Waals surface area (Å²) in [6.07, 6.45) is 0. The van der Waals surface area contributed by atoms with E-state index in [1.807, 2.05) is 0 Å². The predicted octanol–water partition coefficient (Wildman–Crippen LogP) is 0.568. The van der Waals surface area contributed by atoms with Gasteiger partial charge in [-0.25, -0.2) is 0 Å². The first-order valence-electron chi connectivity index (χ1n) is 4.33. The van der Waals surface area contributed by atoms with Crippen LogP contribution in [0.1, 0.15) is 0 Å². The second kappa shape index (κ2) is 5.21. The summed E-state index contributed by atoms with van der Waals surface area (Å²) < 4.78 is 14.9. The molecule has 0 spiro atoms. The highest BCUT2D eigenvalue weighted by Crippen LogP contribution is 2.27. The van der Waals surface area contributed by atoms with E-state index in [4.69, 9.17) is 19.9 Å². The number of benzene rings is 1. The number of nitrogens with two attached hydrogens (primary N) is 1. The van der Waals surface area contributed by atoms with Gasteiger partial charge in [0.15, 0.2) is 0 Å². The Balaban J connectivity index is 2.91. The lowest BCUT2D eigenvalue weighted by Crippen LogP contribution is -2.19. The summed E-state index contributed by atoms with van der Waals surface area (Å²) >= 11 is 0. The smallest absolute Gasteiger partial charge is 0.325 e. The van der Waals surface area contributed by atoms with Crippen molar-refractivity contribution in [3.8, 4) is 17.2 Å². The molecule has 0 saturated heterocycles. The van der Waals surface area contributed by atoms with Gasteiger partial charge in [0.2, 0.25) is 0 Å². The molecule has 0 aliphatic rings. The molecular weight excluding hydrogens is 198 g/mol. The van der Waals surface area contributed by atoms with Crippen molar-refractivity contribution in [2.75, 3.05) is 20.8 Å². The molecule has 0 aliphatic carbocycles. The Kier molecular flexibility index (Phi) is 3.93. The van der Waals surface area contributed by atoms with Gasteiger partial charge in [0, 0.05) is 18.2 Å². The Hall–Kier alpha value is -1.75. The van der Waals surface area contributed by atoms with Crippen molar-refractivity contribution in [3.05, 3.63) is 18.2 Å². The van der Waals surface area contributed by atoms with Crippen LogP contribution in [0.4, 0.5) is 0 Å². The van der Waals surface area contributed by atoms with E-state index < -0.39 is 5.97 Å². The van der Waals surface area contributed by atoms with Gasteiger partial charge in [-0.15, -0.1) is 0 Å². The van der Waals surface area contributed by atoms with Crippen molar-refractivity contribution in [1.29, 1.82) is 0 Å². The number of hydrogen-bond donors (Lipinski definition) is 1. The van der Waals surface area contributed by atoms with Crippen molar-refractivity contribution < 1.29 is 19.0 Å². The van der Waals surface area contributed by atoms with Gasteiger partial charge in [0.05, 0.1) is 20.8 Å².